The summed E-state index contributed by atoms with van der Waals surface area (Å²) in [5, 5.41) is 37.6. The summed E-state index contributed by atoms with van der Waals surface area (Å²) < 4.78 is 5.04. The van der Waals surface area contributed by atoms with Crippen LogP contribution in [0.1, 0.15) is 44.2 Å². The van der Waals surface area contributed by atoms with Crippen LogP contribution in [-0.4, -0.2) is 105 Å². The molecule has 2 aromatic carbocycles. The fourth-order valence-corrected chi connectivity index (χ4v) is 4.67. The van der Waals surface area contributed by atoms with Crippen molar-refractivity contribution in [3.63, 3.8) is 0 Å². The zero-order valence-corrected chi connectivity index (χ0v) is 30.1. The molecule has 55 heavy (non-hydrogen) atoms. The maximum Gasteiger partial charge on any atom is 0.408 e. The van der Waals surface area contributed by atoms with Crippen LogP contribution in [0.15, 0.2) is 72.8 Å². The molecule has 0 heterocycles. The van der Waals surface area contributed by atoms with E-state index in [0.29, 0.717) is 17.0 Å². The fraction of sp³-hybridized carbons (Fsp3) is 0.361. The molecule has 0 radical (unpaired) electrons. The number of carboxylic acid groups (broad SMARTS) is 3. The molecule has 296 valence electrons. The molecule has 0 aliphatic carbocycles. The van der Waals surface area contributed by atoms with E-state index >= 15 is 0 Å². The number of hydrogen-bond donors (Lipinski definition) is 8. The van der Waals surface area contributed by atoms with Gasteiger partial charge in [0.05, 0.1) is 6.42 Å². The number of benzene rings is 2. The largest absolute Gasteiger partial charge is 0.481 e. The van der Waals surface area contributed by atoms with Crippen LogP contribution in [0, 0.1) is 5.92 Å². The van der Waals surface area contributed by atoms with E-state index in [9.17, 15) is 58.5 Å². The third-order valence-electron chi connectivity index (χ3n) is 7.46. The molecule has 8 N–H and O–H groups in total. The van der Waals surface area contributed by atoms with Crippen LogP contribution in [0.5, 0.6) is 0 Å². The second kappa shape index (κ2) is 23.0. The SMILES string of the molecule is CC(C)[C@H](NC(=O)[C@H](CCC(=O)O)NC(=O)[C@H](CC(=O)O)NC(=O)OCc1ccccc1)C(=O)NN(CC(=O)O)C(=O)/C=C/C(=O)NCCc1ccccc1. The zero-order valence-electron chi connectivity index (χ0n) is 30.1. The molecular formula is C36H44N6O13. The van der Waals surface area contributed by atoms with Crippen LogP contribution in [0.25, 0.3) is 0 Å². The van der Waals surface area contributed by atoms with Gasteiger partial charge in [-0.05, 0) is 29.9 Å². The number of hydrazine groups is 1. The second-order valence-electron chi connectivity index (χ2n) is 12.2. The highest BCUT2D eigenvalue weighted by Crippen LogP contribution is 2.08. The smallest absolute Gasteiger partial charge is 0.408 e. The van der Waals surface area contributed by atoms with Crippen LogP contribution in [0.4, 0.5) is 4.79 Å². The molecule has 0 aliphatic heterocycles. The molecule has 19 nitrogen and oxygen atoms in total. The number of ether oxygens (including phenoxy) is 1. The molecule has 0 fully saturated rings. The van der Waals surface area contributed by atoms with Crippen molar-refractivity contribution >= 4 is 53.5 Å². The van der Waals surface area contributed by atoms with Crippen molar-refractivity contribution in [2.24, 2.45) is 5.92 Å². The first-order valence-electron chi connectivity index (χ1n) is 16.9. The lowest BCUT2D eigenvalue weighted by Gasteiger charge is -2.28. The normalized spacial score (nSPS) is 12.3. The number of alkyl carbamates (subject to hydrolysis) is 1. The van der Waals surface area contributed by atoms with Gasteiger partial charge in [-0.2, -0.15) is 0 Å². The predicted octanol–water partition coefficient (Wildman–Crippen LogP) is 0.106. The van der Waals surface area contributed by atoms with E-state index in [2.05, 4.69) is 26.7 Å². The summed E-state index contributed by atoms with van der Waals surface area (Å²) >= 11 is 0. The number of aliphatic carboxylic acids is 3. The number of nitrogens with zero attached hydrogens (tertiary/aromatic N) is 1. The highest BCUT2D eigenvalue weighted by atomic mass is 16.5. The van der Waals surface area contributed by atoms with Crippen molar-refractivity contribution in [3.8, 4) is 0 Å². The summed E-state index contributed by atoms with van der Waals surface area (Å²) in [5.41, 5.74) is 3.65. The average molecular weight is 769 g/mol. The first kappa shape index (κ1) is 44.4. The Labute approximate surface area is 315 Å². The number of hydrogen-bond acceptors (Lipinski definition) is 10. The molecule has 2 aromatic rings. The van der Waals surface area contributed by atoms with Crippen molar-refractivity contribution < 1.29 is 63.2 Å². The van der Waals surface area contributed by atoms with Crippen molar-refractivity contribution in [1.82, 2.24) is 31.7 Å². The Hall–Kier alpha value is -6.79. The van der Waals surface area contributed by atoms with E-state index in [1.165, 1.54) is 13.8 Å². The topological polar surface area (TPSA) is 287 Å². The van der Waals surface area contributed by atoms with Gasteiger partial charge in [0.1, 0.15) is 31.3 Å². The summed E-state index contributed by atoms with van der Waals surface area (Å²) in [5.74, 6) is -10.3. The quantitative estimate of drug-likeness (QED) is 0.0619. The van der Waals surface area contributed by atoms with Gasteiger partial charge in [0.25, 0.3) is 11.8 Å². The van der Waals surface area contributed by atoms with Gasteiger partial charge in [-0.1, -0.05) is 74.5 Å². The number of carbonyl (C=O) groups excluding carboxylic acids is 6. The van der Waals surface area contributed by atoms with Crippen LogP contribution < -0.4 is 26.7 Å². The minimum Gasteiger partial charge on any atom is -0.481 e. The number of nitrogens with one attached hydrogen (secondary N) is 5. The van der Waals surface area contributed by atoms with Crippen molar-refractivity contribution in [1.29, 1.82) is 0 Å². The molecule has 0 aromatic heterocycles. The second-order valence-corrected chi connectivity index (χ2v) is 12.2. The lowest BCUT2D eigenvalue weighted by Crippen LogP contribution is -2.60. The van der Waals surface area contributed by atoms with Gasteiger partial charge >= 0.3 is 24.0 Å². The summed E-state index contributed by atoms with van der Waals surface area (Å²) in [6.45, 7) is 1.93. The average Bonchev–Trinajstić information content (AvgIpc) is 3.13. The molecule has 0 unspecified atom stereocenters. The molecule has 3 atom stereocenters. The maximum atomic E-state index is 13.4. The minimum absolute atomic E-state index is 0.216. The van der Waals surface area contributed by atoms with E-state index in [1.54, 1.807) is 30.3 Å². The van der Waals surface area contributed by atoms with Gasteiger partial charge in [-0.15, -0.1) is 0 Å². The summed E-state index contributed by atoms with van der Waals surface area (Å²) in [6.07, 6.45) is -1.23. The molecule has 0 saturated heterocycles. The lowest BCUT2D eigenvalue weighted by molar-refractivity contribution is -0.148. The molecule has 0 spiro atoms. The first-order valence-corrected chi connectivity index (χ1v) is 16.9. The molecule has 2 rings (SSSR count). The van der Waals surface area contributed by atoms with Gasteiger partial charge in [0, 0.05) is 25.1 Å². The Bertz CT molecular complexity index is 1700. The lowest BCUT2D eigenvalue weighted by atomic mass is 10.0. The summed E-state index contributed by atoms with van der Waals surface area (Å²) in [7, 11) is 0. The molecule has 0 bridgehead atoms. The predicted molar refractivity (Wildman–Crippen MR) is 191 cm³/mol. The third kappa shape index (κ3) is 17.5. The molecular weight excluding hydrogens is 724 g/mol. The maximum absolute atomic E-state index is 13.4. The van der Waals surface area contributed by atoms with Gasteiger partial charge in [-0.25, -0.2) is 9.80 Å². The highest BCUT2D eigenvalue weighted by Gasteiger charge is 2.33. The first-order chi connectivity index (χ1) is 26.0. The van der Waals surface area contributed by atoms with Crippen molar-refractivity contribution in [3.05, 3.63) is 83.9 Å². The van der Waals surface area contributed by atoms with E-state index in [4.69, 9.17) is 4.74 Å². The molecule has 6 amide bonds. The van der Waals surface area contributed by atoms with E-state index in [1.807, 2.05) is 30.3 Å². The van der Waals surface area contributed by atoms with E-state index in [-0.39, 0.29) is 13.2 Å². The van der Waals surface area contributed by atoms with Crippen LogP contribution >= 0.6 is 0 Å². The van der Waals surface area contributed by atoms with Gasteiger partial charge in [-0.3, -0.25) is 43.8 Å². The van der Waals surface area contributed by atoms with Crippen LogP contribution in [0.3, 0.4) is 0 Å². The van der Waals surface area contributed by atoms with E-state index in [0.717, 1.165) is 17.7 Å². The summed E-state index contributed by atoms with van der Waals surface area (Å²) in [6, 6.07) is 12.7. The van der Waals surface area contributed by atoms with Crippen LogP contribution in [-0.2, 0) is 56.1 Å². The minimum atomic E-state index is -1.78. The molecule has 0 saturated carbocycles. The Kier molecular flexibility index (Phi) is 18.6. The van der Waals surface area contributed by atoms with Crippen molar-refractivity contribution in [2.75, 3.05) is 13.1 Å². The van der Waals surface area contributed by atoms with E-state index < -0.39 is 103 Å². The number of rotatable bonds is 21. The fourth-order valence-electron chi connectivity index (χ4n) is 4.67. The summed E-state index contributed by atoms with van der Waals surface area (Å²) in [4.78, 5) is 112. The number of amides is 6. The van der Waals surface area contributed by atoms with Gasteiger partial charge in [0.15, 0.2) is 0 Å². The number of carboxylic acids is 3. The van der Waals surface area contributed by atoms with Gasteiger partial charge in [0.2, 0.25) is 17.7 Å². The highest BCUT2D eigenvalue weighted by molar-refractivity contribution is 5.99. The monoisotopic (exact) mass is 768 g/mol. The third-order valence-corrected chi connectivity index (χ3v) is 7.46. The number of carbonyl (C=O) groups is 9. The van der Waals surface area contributed by atoms with Crippen LogP contribution in [0.2, 0.25) is 0 Å². The Morgan fingerprint density at radius 3 is 1.87 bits per heavy atom. The zero-order chi connectivity index (χ0) is 40.9. The molecule has 19 heteroatoms. The van der Waals surface area contributed by atoms with Crippen molar-refractivity contribution in [2.45, 2.75) is 64.3 Å². The molecule has 0 aliphatic rings. The Morgan fingerprint density at radius 2 is 1.31 bits per heavy atom. The Morgan fingerprint density at radius 1 is 0.709 bits per heavy atom. The standard InChI is InChI=1S/C36H44N6O13/c1-22(2)32(35(53)41-42(20-31(49)50)28(44)15-14-27(43)37-18-17-23-9-5-3-6-10-23)40-33(51)25(13-16-29(45)46)38-34(52)26(19-30(47)48)39-36(54)55-21-24-11-7-4-8-12-24/h3-12,14-15,22,25-26,32H,13,16-21H2,1-2H3,(H,37,43)(H,38,52)(H,39,54)(H,40,51)(H,41,53)(H,45,46)(H,47,48)(H,49,50)/b15-14+/t25-,26-,32-/m0/s1. The Balaban J connectivity index is 2.14. The van der Waals surface area contributed by atoms with Gasteiger partial charge < -0.3 is 41.3 Å².